The van der Waals surface area contributed by atoms with Crippen LogP contribution in [0.3, 0.4) is 0 Å². The molecular formula is C75H71Cl5F4N12O12Sn. The van der Waals surface area contributed by atoms with Crippen LogP contribution in [0.2, 0.25) is 10.0 Å². The molecule has 109 heavy (non-hydrogen) atoms. The third kappa shape index (κ3) is 38.3. The number of nitrogens with one attached hydrogen (secondary N) is 4. The number of nitrogens with two attached hydrogens (primary N) is 2. The van der Waals surface area contributed by atoms with Crippen molar-refractivity contribution in [2.75, 3.05) is 32.3 Å². The molecule has 10 rings (SSSR count). The van der Waals surface area contributed by atoms with Crippen LogP contribution in [0.25, 0.3) is 4.85 Å². The molecule has 2 aromatic heterocycles. The molecule has 0 saturated heterocycles. The van der Waals surface area contributed by atoms with Gasteiger partial charge >= 0.3 is 36.7 Å². The second-order valence-corrected chi connectivity index (χ2v) is 27.5. The van der Waals surface area contributed by atoms with Gasteiger partial charge in [-0.25, -0.2) is 24.1 Å². The number of hydrogen-bond acceptors (Lipinski definition) is 16. The van der Waals surface area contributed by atoms with Crippen LogP contribution in [-0.2, 0) is 46.4 Å². The van der Waals surface area contributed by atoms with Crippen molar-refractivity contribution >= 4 is 164 Å². The molecule has 24 nitrogen and oxygen atoms in total. The van der Waals surface area contributed by atoms with Gasteiger partial charge in [-0.2, -0.15) is 0 Å². The number of hydrogen-bond donors (Lipinski definition) is 6. The number of nitro benzene ring substituents is 2. The van der Waals surface area contributed by atoms with Crippen LogP contribution < -0.4 is 37.6 Å². The van der Waals surface area contributed by atoms with Crippen LogP contribution in [0.1, 0.15) is 65.7 Å². The van der Waals surface area contributed by atoms with Crippen molar-refractivity contribution in [3.63, 3.8) is 0 Å². The SMILES string of the molecule is C=CC(=O)Cl.C=CC(=O)Nc1cccc(N(C(=O)Cc2cccnc2)C(C(=O)NC2CC(F)(F)C2)c2ccccc2Cl)c1.C=CC(=O)Nc1cccc(N)c1.C=CC(=O)Nc1cccc([N+](=O)[O-])c1.CC(=O)Cc1cccnc1.Nc1cccc([N+](=O)[O-])c1.O=Cc1ccccc1Cl.[C-]#[N+]C1CC(F)(F)C1.[Cl][Sn][Cl]. The van der Waals surface area contributed by atoms with Gasteiger partial charge in [0.05, 0.1) is 34.1 Å². The first-order valence-electron chi connectivity index (χ1n) is 31.4. The monoisotopic (exact) mass is 1700 g/mol. The third-order valence-corrected chi connectivity index (χ3v) is 14.5. The zero-order valence-corrected chi connectivity index (χ0v) is 64.4. The molecule has 34 heteroatoms. The van der Waals surface area contributed by atoms with Gasteiger partial charge in [-0.1, -0.05) is 122 Å². The minimum absolute atomic E-state index is 0.0278. The maximum absolute atomic E-state index is 13.9. The first-order chi connectivity index (χ1) is 51.7. The molecule has 2 fully saturated rings. The number of aromatic nitrogens is 2. The van der Waals surface area contributed by atoms with E-state index in [9.17, 15) is 76.1 Å². The molecule has 2 aliphatic rings. The second kappa shape index (κ2) is 50.4. The molecule has 1 atom stereocenters. The van der Waals surface area contributed by atoms with Gasteiger partial charge in [0.25, 0.3) is 23.2 Å². The Balaban J connectivity index is 0.000000468. The van der Waals surface area contributed by atoms with E-state index in [1.54, 1.807) is 147 Å². The average Bonchev–Trinajstić information content (AvgIpc) is 0.779. The molecule has 2 saturated carbocycles. The van der Waals surface area contributed by atoms with Crippen molar-refractivity contribution in [1.82, 2.24) is 15.3 Å². The molecule has 0 aliphatic heterocycles. The molecule has 8 N–H and O–H groups in total. The van der Waals surface area contributed by atoms with Crippen LogP contribution in [0.5, 0.6) is 0 Å². The van der Waals surface area contributed by atoms with Gasteiger partial charge in [0, 0.05) is 125 Å². The number of alkyl halides is 4. The van der Waals surface area contributed by atoms with Gasteiger partial charge in [-0.15, -0.1) is 0 Å². The summed E-state index contributed by atoms with van der Waals surface area (Å²) in [6.07, 6.45) is 10.7. The number of pyridine rings is 2. The fourth-order valence-corrected chi connectivity index (χ4v) is 9.10. The van der Waals surface area contributed by atoms with Crippen LogP contribution in [0.15, 0.2) is 245 Å². The summed E-state index contributed by atoms with van der Waals surface area (Å²) in [6.45, 7) is 21.0. The Bertz CT molecular complexity index is 4450. The molecule has 2 radical (unpaired) electrons. The Hall–Kier alpha value is -11.2. The van der Waals surface area contributed by atoms with Crippen molar-refractivity contribution in [1.29, 1.82) is 0 Å². The minimum atomic E-state index is -2.84. The summed E-state index contributed by atoms with van der Waals surface area (Å²) >= 11 is 16.0. The van der Waals surface area contributed by atoms with Crippen LogP contribution in [0, 0.1) is 26.8 Å². The number of anilines is 6. The van der Waals surface area contributed by atoms with Crippen molar-refractivity contribution in [3.8, 4) is 0 Å². The predicted octanol–water partition coefficient (Wildman–Crippen LogP) is 16.4. The maximum atomic E-state index is 13.9. The average molecular weight is 1700 g/mol. The zero-order valence-electron chi connectivity index (χ0n) is 57.8. The fourth-order valence-electron chi connectivity index (χ4n) is 8.68. The molecule has 2 heterocycles. The Kier molecular flexibility index (Phi) is 43.4. The number of amides is 5. The van der Waals surface area contributed by atoms with E-state index in [4.69, 9.17) is 70.7 Å². The number of non-ortho nitro benzene ring substituents is 2. The number of benzene rings is 6. The number of rotatable bonds is 19. The van der Waals surface area contributed by atoms with Crippen LogP contribution >= 0.6 is 52.6 Å². The van der Waals surface area contributed by atoms with Crippen molar-refractivity contribution in [2.45, 2.75) is 75.4 Å². The Morgan fingerprint density at radius 1 is 0.624 bits per heavy atom. The number of carbonyl (C=O) groups is 8. The van der Waals surface area contributed by atoms with E-state index in [2.05, 4.69) is 62.4 Å². The van der Waals surface area contributed by atoms with E-state index in [1.807, 2.05) is 12.1 Å². The molecule has 2 aliphatic carbocycles. The summed E-state index contributed by atoms with van der Waals surface area (Å²) in [6, 6.07) is 43.1. The van der Waals surface area contributed by atoms with Crippen molar-refractivity contribution in [3.05, 3.63) is 309 Å². The topological polar surface area (TPSA) is 356 Å². The van der Waals surface area contributed by atoms with E-state index in [0.29, 0.717) is 62.3 Å². The Morgan fingerprint density at radius 3 is 1.44 bits per heavy atom. The standard InChI is InChI=1S/C28H25ClF2N4O3.C9H8N2O3.C9H10N2O.C8H9NO.C7H5ClO.C6H6N2O2.C5H5F2N.C3H3ClO.2ClH.Sn/c1-2-24(36)33-19-8-5-9-21(14-19)35(25(37)13-18-7-6-12-32-17-18)26(22-10-3-4-11-23(22)29)27(38)34-20-15-28(30,31)16-20;1-2-9(12)10-7-4-3-5-8(6-7)11(13)14;1-2-9(12)11-8-5-3-4-7(10)6-8;1-7(10)5-8-3-2-4-9-6-8;8-7-4-2-1-3-6(7)5-9;7-5-2-1-3-6(4-5)8(9)10;1-8-4-2-5(6,7)3-4;1-2-3(4)5;;;/h2-12,14,17,20,26H,1,13,15-16H2,(H,33,36)(H,34,38);2-6H,1H2,(H,10,12);2-6H,1,10H2,(H,11,12);2-4,6H,5H2,1H3;1-5H;1-4H,7H2;4H,2-3H2;2H,1H2;2*1H;/q;;;;;;;;;;+2/p-2. The molecule has 1 unspecified atom stereocenters. The zero-order chi connectivity index (χ0) is 81.7. The quantitative estimate of drug-likeness (QED) is 0.00504. The molecule has 570 valence electrons. The van der Waals surface area contributed by atoms with E-state index < -0.39 is 100 Å². The summed E-state index contributed by atoms with van der Waals surface area (Å²) in [4.78, 5) is 123. The molecule has 0 spiro atoms. The predicted molar refractivity (Wildman–Crippen MR) is 419 cm³/mol. The Morgan fingerprint density at radius 2 is 1.06 bits per heavy atom. The number of carbonyl (C=O) groups excluding carboxylic acids is 8. The number of halogens is 9. The van der Waals surface area contributed by atoms with Gasteiger partial charge in [-0.3, -0.25) is 73.5 Å². The van der Waals surface area contributed by atoms with Gasteiger partial charge in [-0.05, 0) is 127 Å². The summed E-state index contributed by atoms with van der Waals surface area (Å²) in [5, 5.41) is 31.0. The molecule has 6 aromatic carbocycles. The van der Waals surface area contributed by atoms with Crippen LogP contribution in [-0.4, -0.2) is 109 Å². The molecule has 8 aromatic rings. The number of allylic oxidation sites excluding steroid dienone is 1. The number of Topliss-reactive ketones (excluding diaryl/α,β-unsaturated/α-hetero) is 1. The van der Waals surface area contributed by atoms with E-state index in [0.717, 1.165) is 30.1 Å². The van der Waals surface area contributed by atoms with Gasteiger partial charge in [0.2, 0.25) is 40.8 Å². The third-order valence-electron chi connectivity index (χ3n) is 13.6. The number of nitrogens with zero attached hydrogens (tertiary/aromatic N) is 6. The molecule has 5 amide bonds. The molecule has 0 bridgehead atoms. The first kappa shape index (κ1) is 93.9. The number of nitrogen functional groups attached to an aromatic ring is 2. The summed E-state index contributed by atoms with van der Waals surface area (Å²) in [7, 11) is 9.87. The van der Waals surface area contributed by atoms with Crippen molar-refractivity contribution < 1.29 is 65.8 Å². The van der Waals surface area contributed by atoms with Gasteiger partial charge in [0.1, 0.15) is 11.8 Å². The first-order valence-corrected chi connectivity index (χ1v) is 39.8. The summed E-state index contributed by atoms with van der Waals surface area (Å²) < 4.78 is 50.7. The summed E-state index contributed by atoms with van der Waals surface area (Å²) in [5.74, 6) is -7.40. The second-order valence-electron chi connectivity index (χ2n) is 22.1. The van der Waals surface area contributed by atoms with Gasteiger partial charge in [0.15, 0.2) is 6.29 Å². The number of aldehydes is 1. The number of ketones is 1. The normalized spacial score (nSPS) is 12.2. The summed E-state index contributed by atoms with van der Waals surface area (Å²) in [5.41, 5.74) is 16.0. The fraction of sp³-hybridized carbons (Fsp3) is 0.160. The van der Waals surface area contributed by atoms with Crippen molar-refractivity contribution in [2.24, 2.45) is 0 Å². The van der Waals surface area contributed by atoms with E-state index in [1.165, 1.54) is 53.6 Å². The number of nitro groups is 2. The van der Waals surface area contributed by atoms with Gasteiger partial charge < -0.3 is 37.6 Å². The van der Waals surface area contributed by atoms with E-state index >= 15 is 0 Å². The Labute approximate surface area is 657 Å². The van der Waals surface area contributed by atoms with Crippen LogP contribution in [0.4, 0.5) is 63.1 Å². The van der Waals surface area contributed by atoms with E-state index in [-0.39, 0.29) is 47.4 Å². The molecular weight excluding hydrogens is 1630 g/mol.